The van der Waals surface area contributed by atoms with Crippen molar-refractivity contribution in [2.24, 2.45) is 5.73 Å². The molecule has 33 heavy (non-hydrogen) atoms. The van der Waals surface area contributed by atoms with Crippen molar-refractivity contribution < 1.29 is 27.8 Å². The van der Waals surface area contributed by atoms with Crippen molar-refractivity contribution in [1.29, 1.82) is 0 Å². The van der Waals surface area contributed by atoms with Crippen molar-refractivity contribution in [2.45, 2.75) is 39.2 Å². The third-order valence-electron chi connectivity index (χ3n) is 5.12. The summed E-state index contributed by atoms with van der Waals surface area (Å²) in [5.41, 5.74) is 7.02. The number of alkyl halides is 2. The van der Waals surface area contributed by atoms with Gasteiger partial charge in [-0.2, -0.15) is 0 Å². The molecule has 0 radical (unpaired) electrons. The number of halogens is 2. The quantitative estimate of drug-likeness (QED) is 0.577. The number of hydrogen-bond donors (Lipinski definition) is 2. The number of carbonyl (C=O) groups excluding carboxylic acids is 2. The molecule has 2 amide bonds. The fourth-order valence-electron chi connectivity index (χ4n) is 3.60. The van der Waals surface area contributed by atoms with Gasteiger partial charge in [0.15, 0.2) is 5.01 Å². The number of nitrogens with one attached hydrogen (secondary N) is 1. The second kappa shape index (κ2) is 9.79. The summed E-state index contributed by atoms with van der Waals surface area (Å²) < 4.78 is 39.5. The van der Waals surface area contributed by atoms with Crippen LogP contribution in [-0.2, 0) is 17.7 Å². The Labute approximate surface area is 191 Å². The number of hydrogen-bond acceptors (Lipinski definition) is 7. The summed E-state index contributed by atoms with van der Waals surface area (Å²) in [5.74, 6) is -0.588. The smallest absolute Gasteiger partial charge is 0.289 e. The number of nitrogens with two attached hydrogens (primary N) is 1. The number of ether oxygens (including phenoxy) is 2. The summed E-state index contributed by atoms with van der Waals surface area (Å²) in [6.07, 6.45) is -1.12. The topological polar surface area (TPSA) is 121 Å². The standard InChI is InChI=1S/C21H23F2N5O4S/c1-2-12-16(33-20(25-12)17(22)23)19(30)27-21-26-13-9-11(18(24)29)10-14-15(13)28(21)5-3-6-31-7-4-8-32-14/h9-10,17H,2-8H2,1H3,(H2,24,29)(H,26,27,30). The molecule has 0 bridgehead atoms. The molecule has 0 saturated carbocycles. The number of carbonyl (C=O) groups is 2. The minimum atomic E-state index is -2.76. The molecule has 176 valence electrons. The predicted octanol–water partition coefficient (Wildman–Crippen LogP) is 3.53. The lowest BCUT2D eigenvalue weighted by Gasteiger charge is -2.12. The second-order valence-corrected chi connectivity index (χ2v) is 8.43. The first-order valence-electron chi connectivity index (χ1n) is 10.5. The Morgan fingerprint density at radius 3 is 2.76 bits per heavy atom. The predicted molar refractivity (Wildman–Crippen MR) is 118 cm³/mol. The molecule has 3 aromatic rings. The SMILES string of the molecule is CCc1nc(C(F)F)sc1C(=O)Nc1nc2cc(C(N)=O)cc3c2n1CCCOCCCO3. The molecule has 9 nitrogen and oxygen atoms in total. The van der Waals surface area contributed by atoms with Crippen LogP contribution >= 0.6 is 11.3 Å². The Morgan fingerprint density at radius 2 is 2.03 bits per heavy atom. The lowest BCUT2D eigenvalue weighted by atomic mass is 10.1. The third kappa shape index (κ3) is 4.81. The number of primary amides is 1. The Morgan fingerprint density at radius 1 is 1.24 bits per heavy atom. The van der Waals surface area contributed by atoms with Gasteiger partial charge in [-0.1, -0.05) is 6.92 Å². The molecule has 4 rings (SSSR count). The van der Waals surface area contributed by atoms with E-state index in [0.29, 0.717) is 79.4 Å². The van der Waals surface area contributed by atoms with Gasteiger partial charge < -0.3 is 19.8 Å². The highest BCUT2D eigenvalue weighted by molar-refractivity contribution is 7.14. The van der Waals surface area contributed by atoms with E-state index in [1.165, 1.54) is 6.07 Å². The van der Waals surface area contributed by atoms with E-state index in [9.17, 15) is 18.4 Å². The number of nitrogens with zero attached hydrogens (tertiary/aromatic N) is 3. The molecule has 0 atom stereocenters. The lowest BCUT2D eigenvalue weighted by molar-refractivity contribution is 0.0996. The summed E-state index contributed by atoms with van der Waals surface area (Å²) in [4.78, 5) is 33.3. The van der Waals surface area contributed by atoms with Crippen LogP contribution < -0.4 is 15.8 Å². The summed E-state index contributed by atoms with van der Waals surface area (Å²) in [5, 5.41) is 2.33. The zero-order chi connectivity index (χ0) is 23.5. The van der Waals surface area contributed by atoms with Crippen molar-refractivity contribution in [3.63, 3.8) is 0 Å². The third-order valence-corrected chi connectivity index (χ3v) is 6.22. The number of rotatable bonds is 5. The molecule has 0 fully saturated rings. The number of thiazole rings is 1. The van der Waals surface area contributed by atoms with Crippen molar-refractivity contribution in [1.82, 2.24) is 14.5 Å². The van der Waals surface area contributed by atoms with Gasteiger partial charge in [-0.25, -0.2) is 18.7 Å². The van der Waals surface area contributed by atoms with E-state index in [1.54, 1.807) is 17.6 Å². The van der Waals surface area contributed by atoms with Gasteiger partial charge >= 0.3 is 0 Å². The molecule has 1 aliphatic heterocycles. The van der Waals surface area contributed by atoms with Gasteiger partial charge in [0.05, 0.1) is 17.8 Å². The normalized spacial score (nSPS) is 14.7. The van der Waals surface area contributed by atoms with Crippen LogP contribution in [-0.4, -0.2) is 46.2 Å². The first-order chi connectivity index (χ1) is 15.9. The number of amides is 2. The maximum Gasteiger partial charge on any atom is 0.289 e. The van der Waals surface area contributed by atoms with E-state index in [4.69, 9.17) is 15.2 Å². The van der Waals surface area contributed by atoms with Gasteiger partial charge in [-0.3, -0.25) is 14.9 Å². The Bertz CT molecular complexity index is 1190. The van der Waals surface area contributed by atoms with Crippen LogP contribution in [0, 0.1) is 0 Å². The first kappa shape index (κ1) is 23.1. The fraction of sp³-hybridized carbons (Fsp3) is 0.429. The van der Waals surface area contributed by atoms with Gasteiger partial charge in [0, 0.05) is 31.7 Å². The fourth-order valence-corrected chi connectivity index (χ4v) is 4.51. The summed E-state index contributed by atoms with van der Waals surface area (Å²) in [6.45, 7) is 3.60. The lowest BCUT2D eigenvalue weighted by Crippen LogP contribution is -2.17. The van der Waals surface area contributed by atoms with E-state index in [2.05, 4.69) is 15.3 Å². The molecule has 1 aliphatic rings. The molecule has 0 spiro atoms. The molecule has 0 aliphatic carbocycles. The summed E-state index contributed by atoms with van der Waals surface area (Å²) >= 11 is 0.664. The Kier molecular flexibility index (Phi) is 6.84. The first-order valence-corrected chi connectivity index (χ1v) is 11.3. The average molecular weight is 480 g/mol. The van der Waals surface area contributed by atoms with E-state index < -0.39 is 23.2 Å². The van der Waals surface area contributed by atoms with Crippen molar-refractivity contribution in [2.75, 3.05) is 25.1 Å². The van der Waals surface area contributed by atoms with Crippen LogP contribution in [0.3, 0.4) is 0 Å². The van der Waals surface area contributed by atoms with E-state index in [-0.39, 0.29) is 16.4 Å². The summed E-state index contributed by atoms with van der Waals surface area (Å²) in [7, 11) is 0. The average Bonchev–Trinajstić information content (AvgIpc) is 3.35. The van der Waals surface area contributed by atoms with Crippen molar-refractivity contribution >= 4 is 40.1 Å². The van der Waals surface area contributed by atoms with Gasteiger partial charge in [0.25, 0.3) is 12.3 Å². The monoisotopic (exact) mass is 479 g/mol. The van der Waals surface area contributed by atoms with Crippen LogP contribution in [0.4, 0.5) is 14.7 Å². The Hall–Kier alpha value is -3.12. The highest BCUT2D eigenvalue weighted by Gasteiger charge is 2.24. The van der Waals surface area contributed by atoms with Crippen molar-refractivity contribution in [3.05, 3.63) is 33.3 Å². The number of aryl methyl sites for hydroxylation is 2. The molecular weight excluding hydrogens is 456 g/mol. The van der Waals surface area contributed by atoms with E-state index in [1.807, 2.05) is 0 Å². The van der Waals surface area contributed by atoms with Crippen LogP contribution in [0.5, 0.6) is 5.75 Å². The van der Waals surface area contributed by atoms with Crippen LogP contribution in [0.15, 0.2) is 12.1 Å². The number of benzene rings is 1. The van der Waals surface area contributed by atoms with Crippen molar-refractivity contribution in [3.8, 4) is 5.75 Å². The Balaban J connectivity index is 1.78. The minimum absolute atomic E-state index is 0.113. The maximum absolute atomic E-state index is 13.1. The molecule has 0 unspecified atom stereocenters. The molecule has 0 saturated heterocycles. The zero-order valence-corrected chi connectivity index (χ0v) is 18.7. The zero-order valence-electron chi connectivity index (χ0n) is 17.9. The van der Waals surface area contributed by atoms with E-state index in [0.717, 1.165) is 0 Å². The van der Waals surface area contributed by atoms with Crippen LogP contribution in [0.25, 0.3) is 11.0 Å². The molecule has 3 heterocycles. The summed E-state index contributed by atoms with van der Waals surface area (Å²) in [6, 6.07) is 3.09. The van der Waals surface area contributed by atoms with Crippen LogP contribution in [0.2, 0.25) is 0 Å². The molecule has 12 heteroatoms. The highest BCUT2D eigenvalue weighted by atomic mass is 32.1. The largest absolute Gasteiger partial charge is 0.491 e. The van der Waals surface area contributed by atoms with Gasteiger partial charge in [-0.15, -0.1) is 11.3 Å². The molecule has 2 aromatic heterocycles. The van der Waals surface area contributed by atoms with Gasteiger partial charge in [0.1, 0.15) is 16.1 Å². The van der Waals surface area contributed by atoms with Gasteiger partial charge in [0.2, 0.25) is 11.9 Å². The molecular formula is C21H23F2N5O4S. The van der Waals surface area contributed by atoms with E-state index >= 15 is 0 Å². The second-order valence-electron chi connectivity index (χ2n) is 7.40. The van der Waals surface area contributed by atoms with Gasteiger partial charge in [-0.05, 0) is 25.0 Å². The molecule has 1 aromatic carbocycles. The minimum Gasteiger partial charge on any atom is -0.491 e. The van der Waals surface area contributed by atoms with Crippen LogP contribution in [0.1, 0.15) is 56.9 Å². The number of anilines is 1. The highest BCUT2D eigenvalue weighted by Crippen LogP contribution is 2.33. The number of imidazole rings is 1. The molecule has 3 N–H and O–H groups in total. The number of aromatic nitrogens is 3. The maximum atomic E-state index is 13.1.